The van der Waals surface area contributed by atoms with Gasteiger partial charge in [0, 0.05) is 60.7 Å². The zero-order valence-electron chi connectivity index (χ0n) is 33.2. The molecule has 0 saturated heterocycles. The highest BCUT2D eigenvalue weighted by Gasteiger charge is 2.27. The summed E-state index contributed by atoms with van der Waals surface area (Å²) in [5.41, 5.74) is 12.4. The van der Waals surface area contributed by atoms with Crippen molar-refractivity contribution in [2.45, 2.75) is 0 Å². The second kappa shape index (κ2) is 14.7. The van der Waals surface area contributed by atoms with E-state index in [9.17, 15) is 15.8 Å². The molecule has 62 heavy (non-hydrogen) atoms. The van der Waals surface area contributed by atoms with Crippen LogP contribution < -0.4 is 0 Å². The summed E-state index contributed by atoms with van der Waals surface area (Å²) < 4.78 is 4.63. The van der Waals surface area contributed by atoms with E-state index in [4.69, 9.17) is 4.98 Å². The molecule has 6 nitrogen and oxygen atoms in total. The number of hydrogen-bond acceptors (Lipinski definition) is 4. The Balaban J connectivity index is 1.27. The van der Waals surface area contributed by atoms with Crippen molar-refractivity contribution in [1.29, 1.82) is 15.8 Å². The fourth-order valence-corrected chi connectivity index (χ4v) is 9.26. The number of nitrogens with zero attached hydrogens (tertiary/aromatic N) is 6. The summed E-state index contributed by atoms with van der Waals surface area (Å²) in [5.74, 6) is 0. The van der Waals surface area contributed by atoms with Gasteiger partial charge in [-0.05, 0) is 54.1 Å². The Morgan fingerprint density at radius 2 is 0.823 bits per heavy atom. The van der Waals surface area contributed by atoms with Crippen molar-refractivity contribution in [1.82, 2.24) is 14.1 Å². The van der Waals surface area contributed by atoms with Crippen LogP contribution >= 0.6 is 0 Å². The Kier molecular flexibility index (Phi) is 8.54. The molecule has 0 spiro atoms. The Hall–Kier alpha value is -9.02. The predicted molar refractivity (Wildman–Crippen MR) is 249 cm³/mol. The molecule has 11 rings (SSSR count). The zero-order chi connectivity index (χ0) is 41.7. The lowest BCUT2D eigenvalue weighted by Gasteiger charge is -2.17. The first-order chi connectivity index (χ1) is 30.7. The average molecular weight is 789 g/mol. The molecule has 0 amide bonds. The first-order valence-corrected chi connectivity index (χ1v) is 20.3. The van der Waals surface area contributed by atoms with Crippen LogP contribution in [0.4, 0.5) is 0 Å². The number of aromatic nitrogens is 3. The van der Waals surface area contributed by atoms with Gasteiger partial charge in [0.1, 0.15) is 12.1 Å². The van der Waals surface area contributed by atoms with Crippen molar-refractivity contribution in [2.75, 3.05) is 0 Å². The molecule has 0 aliphatic rings. The van der Waals surface area contributed by atoms with Crippen molar-refractivity contribution in [3.05, 3.63) is 211 Å². The second-order valence-electron chi connectivity index (χ2n) is 15.2. The van der Waals surface area contributed by atoms with Crippen LogP contribution in [0.2, 0.25) is 0 Å². The molecule has 0 fully saturated rings. The van der Waals surface area contributed by atoms with E-state index in [2.05, 4.69) is 130 Å². The standard InChI is InChI=1S/C56H32N6/c57-33-39-31-38(56-46(35-59)51(36-17-5-1-6-18-36)45(34-58)55(60-56)37-19-7-2-8-20-37)29-30-42(39)54-52-43-25-13-15-27-47(43)61(40-21-9-3-10-22-40)49(52)32-50-53(54)44-26-14-16-28-48(44)62(50)41-23-11-4-12-24-41/h1-32H. The number of para-hydroxylation sites is 4. The maximum atomic E-state index is 11.3. The van der Waals surface area contributed by atoms with Gasteiger partial charge in [-0.15, -0.1) is 0 Å². The number of nitriles is 3. The zero-order valence-corrected chi connectivity index (χ0v) is 33.2. The molecule has 0 radical (unpaired) electrons. The summed E-state index contributed by atoms with van der Waals surface area (Å²) in [6.07, 6.45) is 0. The van der Waals surface area contributed by atoms with Crippen LogP contribution in [0.15, 0.2) is 194 Å². The fourth-order valence-electron chi connectivity index (χ4n) is 9.26. The van der Waals surface area contributed by atoms with Crippen LogP contribution in [0.5, 0.6) is 0 Å². The lowest BCUT2D eigenvalue weighted by molar-refractivity contribution is 1.16. The molecular formula is C56H32N6. The first kappa shape index (κ1) is 36.1. The molecule has 0 atom stereocenters. The lowest BCUT2D eigenvalue weighted by atomic mass is 9.87. The molecule has 0 unspecified atom stereocenters. The third-order valence-corrected chi connectivity index (χ3v) is 11.8. The van der Waals surface area contributed by atoms with Gasteiger partial charge in [0.15, 0.2) is 0 Å². The van der Waals surface area contributed by atoms with Crippen molar-refractivity contribution < 1.29 is 0 Å². The third-order valence-electron chi connectivity index (χ3n) is 11.8. The Morgan fingerprint density at radius 3 is 1.32 bits per heavy atom. The SMILES string of the molecule is N#Cc1cc(-c2nc(-c3ccccc3)c(C#N)c(-c3ccccc3)c2C#N)ccc1-c1c2c3ccccc3n(-c3ccccc3)c2cc2c1c1ccccc1n2-c1ccccc1. The fraction of sp³-hybridized carbons (Fsp3) is 0. The van der Waals surface area contributed by atoms with Crippen LogP contribution in [-0.4, -0.2) is 14.1 Å². The maximum absolute atomic E-state index is 11.3. The lowest BCUT2D eigenvalue weighted by Crippen LogP contribution is -2.02. The van der Waals surface area contributed by atoms with Gasteiger partial charge in [0.2, 0.25) is 0 Å². The topological polar surface area (TPSA) is 94.1 Å². The smallest absolute Gasteiger partial charge is 0.102 e. The molecule has 0 aliphatic carbocycles. The predicted octanol–water partition coefficient (Wildman–Crippen LogP) is 13.6. The minimum atomic E-state index is 0.269. The Bertz CT molecular complexity index is 3560. The van der Waals surface area contributed by atoms with Gasteiger partial charge in [0.05, 0.1) is 56.2 Å². The number of benzene rings is 8. The minimum absolute atomic E-state index is 0.269. The highest BCUT2D eigenvalue weighted by molar-refractivity contribution is 6.28. The number of pyridine rings is 1. The van der Waals surface area contributed by atoms with Crippen LogP contribution in [0.1, 0.15) is 16.7 Å². The molecule has 0 N–H and O–H groups in total. The molecular weight excluding hydrogens is 757 g/mol. The second-order valence-corrected chi connectivity index (χ2v) is 15.2. The number of rotatable bonds is 6. The van der Waals surface area contributed by atoms with E-state index in [1.807, 2.05) is 91.0 Å². The summed E-state index contributed by atoms with van der Waals surface area (Å²) in [6.45, 7) is 0. The van der Waals surface area contributed by atoms with Gasteiger partial charge < -0.3 is 9.13 Å². The monoisotopic (exact) mass is 788 g/mol. The van der Waals surface area contributed by atoms with Gasteiger partial charge in [-0.25, -0.2) is 4.98 Å². The summed E-state index contributed by atoms with van der Waals surface area (Å²) in [7, 11) is 0. The van der Waals surface area contributed by atoms with Gasteiger partial charge >= 0.3 is 0 Å². The van der Waals surface area contributed by atoms with Gasteiger partial charge in [0.25, 0.3) is 0 Å². The van der Waals surface area contributed by atoms with Gasteiger partial charge in [-0.2, -0.15) is 15.8 Å². The maximum Gasteiger partial charge on any atom is 0.102 e. The van der Waals surface area contributed by atoms with E-state index in [-0.39, 0.29) is 5.56 Å². The van der Waals surface area contributed by atoms with E-state index < -0.39 is 0 Å². The van der Waals surface area contributed by atoms with Crippen LogP contribution in [-0.2, 0) is 0 Å². The van der Waals surface area contributed by atoms with Crippen LogP contribution in [0.3, 0.4) is 0 Å². The summed E-state index contributed by atoms with van der Waals surface area (Å²) in [6, 6.07) is 72.3. The van der Waals surface area contributed by atoms with E-state index >= 15 is 0 Å². The molecule has 3 aromatic heterocycles. The normalized spacial score (nSPS) is 11.2. The summed E-state index contributed by atoms with van der Waals surface area (Å²) >= 11 is 0. The largest absolute Gasteiger partial charge is 0.309 e. The minimum Gasteiger partial charge on any atom is -0.309 e. The van der Waals surface area contributed by atoms with Gasteiger partial charge in [-0.1, -0.05) is 146 Å². The molecule has 0 aliphatic heterocycles. The van der Waals surface area contributed by atoms with E-state index in [0.29, 0.717) is 33.6 Å². The van der Waals surface area contributed by atoms with Crippen molar-refractivity contribution >= 4 is 43.6 Å². The van der Waals surface area contributed by atoms with Crippen LogP contribution in [0.25, 0.3) is 99.8 Å². The first-order valence-electron chi connectivity index (χ1n) is 20.3. The molecule has 0 bridgehead atoms. The Morgan fingerprint density at radius 1 is 0.371 bits per heavy atom. The van der Waals surface area contributed by atoms with E-state index in [1.165, 1.54) is 0 Å². The molecule has 8 aromatic carbocycles. The van der Waals surface area contributed by atoms with Crippen molar-refractivity contribution in [3.8, 4) is 74.4 Å². The molecule has 6 heteroatoms. The quantitative estimate of drug-likeness (QED) is 0.168. The average Bonchev–Trinajstić information content (AvgIpc) is 3.86. The van der Waals surface area contributed by atoms with Crippen molar-refractivity contribution in [3.63, 3.8) is 0 Å². The highest BCUT2D eigenvalue weighted by atomic mass is 15.0. The van der Waals surface area contributed by atoms with Crippen molar-refractivity contribution in [2.24, 2.45) is 0 Å². The molecule has 11 aromatic rings. The van der Waals surface area contributed by atoms with E-state index in [1.54, 1.807) is 0 Å². The molecule has 3 heterocycles. The summed E-state index contributed by atoms with van der Waals surface area (Å²) in [4.78, 5) is 5.11. The van der Waals surface area contributed by atoms with E-state index in [0.717, 1.165) is 77.2 Å². The summed E-state index contributed by atoms with van der Waals surface area (Å²) in [5, 5.41) is 37.1. The molecule has 286 valence electrons. The number of hydrogen-bond donors (Lipinski definition) is 0. The van der Waals surface area contributed by atoms with Gasteiger partial charge in [-0.3, -0.25) is 0 Å². The highest BCUT2D eigenvalue weighted by Crippen LogP contribution is 2.48. The third kappa shape index (κ3) is 5.51. The molecule has 0 saturated carbocycles. The Labute approximate surface area is 357 Å². The number of fused-ring (bicyclic) bond motifs is 6. The van der Waals surface area contributed by atoms with Crippen LogP contribution in [0, 0.1) is 34.0 Å².